The standard InChI is InChI=1S/C25H19Cl2F3N2O3/c1-15-7-8-17(9-21(15)31-23(33)34-14-16-5-3-2-4-6-16)22-13-24(35-32-22,25(28,29)30)18-10-19(26)12-20(27)11-18/h2-12H,13-14H2,1H3,(H,31,33). The maximum Gasteiger partial charge on any atom is 0.435 e. The highest BCUT2D eigenvalue weighted by molar-refractivity contribution is 6.34. The Labute approximate surface area is 209 Å². The first-order valence-electron chi connectivity index (χ1n) is 10.4. The second-order valence-corrected chi connectivity index (χ2v) is 8.88. The van der Waals surface area contributed by atoms with Gasteiger partial charge in [-0.05, 0) is 42.3 Å². The molecule has 10 heteroatoms. The number of oxime groups is 1. The number of halogens is 5. The minimum absolute atomic E-state index is 0.0454. The van der Waals surface area contributed by atoms with Gasteiger partial charge in [-0.1, -0.05) is 70.8 Å². The zero-order valence-electron chi connectivity index (χ0n) is 18.3. The van der Waals surface area contributed by atoms with E-state index in [-0.39, 0.29) is 27.9 Å². The highest BCUT2D eigenvalue weighted by Crippen LogP contribution is 2.49. The fourth-order valence-electron chi connectivity index (χ4n) is 3.65. The monoisotopic (exact) mass is 522 g/mol. The predicted octanol–water partition coefficient (Wildman–Crippen LogP) is 7.63. The second-order valence-electron chi connectivity index (χ2n) is 8.01. The quantitative estimate of drug-likeness (QED) is 0.374. The van der Waals surface area contributed by atoms with Crippen LogP contribution in [0.1, 0.15) is 28.7 Å². The Hall–Kier alpha value is -3.23. The average Bonchev–Trinajstić information content (AvgIpc) is 3.26. The highest BCUT2D eigenvalue weighted by atomic mass is 35.5. The van der Waals surface area contributed by atoms with Gasteiger partial charge in [0.25, 0.3) is 5.60 Å². The Balaban J connectivity index is 1.54. The van der Waals surface area contributed by atoms with Crippen LogP contribution in [0.15, 0.2) is 71.9 Å². The number of amides is 1. The van der Waals surface area contributed by atoms with Gasteiger partial charge in [-0.15, -0.1) is 0 Å². The zero-order valence-corrected chi connectivity index (χ0v) is 19.8. The van der Waals surface area contributed by atoms with E-state index >= 15 is 0 Å². The van der Waals surface area contributed by atoms with Crippen LogP contribution < -0.4 is 5.32 Å². The van der Waals surface area contributed by atoms with E-state index in [0.717, 1.165) is 17.7 Å². The number of alkyl halides is 3. The summed E-state index contributed by atoms with van der Waals surface area (Å²) in [6.07, 6.45) is -6.11. The minimum Gasteiger partial charge on any atom is -0.444 e. The lowest BCUT2D eigenvalue weighted by molar-refractivity contribution is -0.275. The number of aryl methyl sites for hydroxylation is 1. The SMILES string of the molecule is Cc1ccc(C2=NOC(c3cc(Cl)cc(Cl)c3)(C(F)(F)F)C2)cc1NC(=O)OCc1ccccc1. The van der Waals surface area contributed by atoms with Crippen molar-refractivity contribution in [3.05, 3.63) is 99.0 Å². The van der Waals surface area contributed by atoms with Gasteiger partial charge in [-0.25, -0.2) is 4.79 Å². The van der Waals surface area contributed by atoms with Gasteiger partial charge in [0.1, 0.15) is 6.61 Å². The van der Waals surface area contributed by atoms with Crippen molar-refractivity contribution < 1.29 is 27.5 Å². The van der Waals surface area contributed by atoms with E-state index in [0.29, 0.717) is 16.8 Å². The van der Waals surface area contributed by atoms with Crippen molar-refractivity contribution in [1.82, 2.24) is 0 Å². The highest BCUT2D eigenvalue weighted by Gasteiger charge is 2.62. The largest absolute Gasteiger partial charge is 0.444 e. The van der Waals surface area contributed by atoms with E-state index in [1.54, 1.807) is 19.1 Å². The topological polar surface area (TPSA) is 59.9 Å². The molecule has 0 spiro atoms. The van der Waals surface area contributed by atoms with Crippen molar-refractivity contribution in [2.45, 2.75) is 31.7 Å². The summed E-state index contributed by atoms with van der Waals surface area (Å²) in [5.74, 6) is 0. The second kappa shape index (κ2) is 9.79. The fraction of sp³-hybridized carbons (Fsp3) is 0.200. The number of anilines is 1. The summed E-state index contributed by atoms with van der Waals surface area (Å²) < 4.78 is 47.9. The number of hydrogen-bond donors (Lipinski definition) is 1. The van der Waals surface area contributed by atoms with E-state index < -0.39 is 24.3 Å². The van der Waals surface area contributed by atoms with Gasteiger partial charge >= 0.3 is 12.3 Å². The molecule has 1 N–H and O–H groups in total. The predicted molar refractivity (Wildman–Crippen MR) is 128 cm³/mol. The molecule has 0 radical (unpaired) electrons. The van der Waals surface area contributed by atoms with Gasteiger partial charge in [-0.2, -0.15) is 13.2 Å². The first-order valence-corrected chi connectivity index (χ1v) is 11.2. The summed E-state index contributed by atoms with van der Waals surface area (Å²) in [4.78, 5) is 17.3. The molecule has 0 saturated heterocycles. The van der Waals surface area contributed by atoms with Crippen LogP contribution >= 0.6 is 23.2 Å². The number of benzene rings is 3. The molecule has 0 aliphatic carbocycles. The van der Waals surface area contributed by atoms with Crippen LogP contribution in [0.5, 0.6) is 0 Å². The number of hydrogen-bond acceptors (Lipinski definition) is 4. The van der Waals surface area contributed by atoms with E-state index in [1.165, 1.54) is 12.1 Å². The van der Waals surface area contributed by atoms with Crippen LogP contribution in [0, 0.1) is 6.92 Å². The van der Waals surface area contributed by atoms with Gasteiger partial charge in [-0.3, -0.25) is 5.32 Å². The van der Waals surface area contributed by atoms with Crippen molar-refractivity contribution in [2.75, 3.05) is 5.32 Å². The van der Waals surface area contributed by atoms with E-state index in [1.807, 2.05) is 30.3 Å². The molecule has 5 nitrogen and oxygen atoms in total. The molecule has 3 aromatic carbocycles. The Morgan fingerprint density at radius 3 is 2.43 bits per heavy atom. The normalized spacial score (nSPS) is 17.5. The lowest BCUT2D eigenvalue weighted by Gasteiger charge is -2.29. The molecule has 1 aliphatic heterocycles. The van der Waals surface area contributed by atoms with Crippen molar-refractivity contribution in [1.29, 1.82) is 0 Å². The summed E-state index contributed by atoms with van der Waals surface area (Å²) >= 11 is 11.9. The lowest BCUT2D eigenvalue weighted by Crippen LogP contribution is -2.42. The maximum atomic E-state index is 14.2. The van der Waals surface area contributed by atoms with Gasteiger partial charge in [0.05, 0.1) is 5.71 Å². The molecule has 0 fully saturated rings. The summed E-state index contributed by atoms with van der Waals surface area (Å²) in [7, 11) is 0. The molecule has 182 valence electrons. The maximum absolute atomic E-state index is 14.2. The number of ether oxygens (including phenoxy) is 1. The van der Waals surface area contributed by atoms with Crippen molar-refractivity contribution in [3.63, 3.8) is 0 Å². The fourth-order valence-corrected chi connectivity index (χ4v) is 4.18. The van der Waals surface area contributed by atoms with E-state index in [9.17, 15) is 18.0 Å². The zero-order chi connectivity index (χ0) is 25.2. The van der Waals surface area contributed by atoms with Crippen molar-refractivity contribution in [2.24, 2.45) is 5.16 Å². The molecule has 0 bridgehead atoms. The van der Waals surface area contributed by atoms with Crippen LogP contribution in [-0.2, 0) is 21.8 Å². The number of nitrogens with zero attached hydrogens (tertiary/aromatic N) is 1. The van der Waals surface area contributed by atoms with Crippen LogP contribution in [0.3, 0.4) is 0 Å². The first-order chi connectivity index (χ1) is 16.6. The summed E-state index contributed by atoms with van der Waals surface area (Å²) in [6, 6.07) is 17.6. The molecule has 0 aromatic heterocycles. The molecule has 1 amide bonds. The molecule has 4 rings (SSSR count). The van der Waals surface area contributed by atoms with Gasteiger partial charge in [0.2, 0.25) is 0 Å². The van der Waals surface area contributed by atoms with Crippen LogP contribution in [0.25, 0.3) is 0 Å². The third-order valence-electron chi connectivity index (χ3n) is 5.54. The Bertz CT molecular complexity index is 1260. The number of carbonyl (C=O) groups is 1. The van der Waals surface area contributed by atoms with Crippen LogP contribution in [0.4, 0.5) is 23.7 Å². The van der Waals surface area contributed by atoms with Gasteiger partial charge in [0, 0.05) is 33.3 Å². The molecule has 35 heavy (non-hydrogen) atoms. The number of nitrogens with one attached hydrogen (secondary N) is 1. The summed E-state index contributed by atoms with van der Waals surface area (Å²) in [6.45, 7) is 1.82. The first kappa shape index (κ1) is 24.9. The molecule has 1 atom stereocenters. The molecule has 0 saturated carbocycles. The van der Waals surface area contributed by atoms with Crippen molar-refractivity contribution >= 4 is 40.7 Å². The molecular weight excluding hydrogens is 504 g/mol. The Morgan fingerprint density at radius 2 is 1.77 bits per heavy atom. The average molecular weight is 523 g/mol. The Kier molecular flexibility index (Phi) is 6.96. The van der Waals surface area contributed by atoms with Crippen LogP contribution in [0.2, 0.25) is 10.0 Å². The third-order valence-corrected chi connectivity index (χ3v) is 5.97. The van der Waals surface area contributed by atoms with E-state index in [2.05, 4.69) is 10.5 Å². The lowest BCUT2D eigenvalue weighted by atomic mass is 9.86. The van der Waals surface area contributed by atoms with Gasteiger partial charge in [0.15, 0.2) is 0 Å². The van der Waals surface area contributed by atoms with Crippen molar-refractivity contribution in [3.8, 4) is 0 Å². The Morgan fingerprint density at radius 1 is 1.09 bits per heavy atom. The summed E-state index contributed by atoms with van der Waals surface area (Å²) in [5, 5.41) is 6.47. The minimum atomic E-state index is -4.81. The molecule has 1 aliphatic rings. The van der Waals surface area contributed by atoms with Gasteiger partial charge < -0.3 is 9.57 Å². The third kappa shape index (κ3) is 5.39. The molecule has 1 heterocycles. The molecular formula is C25H19Cl2F3N2O3. The molecule has 1 unspecified atom stereocenters. The number of carbonyl (C=O) groups excluding carboxylic acids is 1. The summed E-state index contributed by atoms with van der Waals surface area (Å²) in [5.41, 5.74) is -0.713. The van der Waals surface area contributed by atoms with Crippen LogP contribution in [-0.4, -0.2) is 18.0 Å². The van der Waals surface area contributed by atoms with E-state index in [4.69, 9.17) is 32.8 Å². The number of rotatable bonds is 5. The molecule has 3 aromatic rings. The smallest absolute Gasteiger partial charge is 0.435 e.